The maximum atomic E-state index is 12.0. The highest BCUT2D eigenvalue weighted by Gasteiger charge is 2.11. The maximum Gasteiger partial charge on any atom is 0.251 e. The van der Waals surface area contributed by atoms with Crippen molar-refractivity contribution in [2.75, 3.05) is 6.61 Å². The lowest BCUT2D eigenvalue weighted by atomic mass is 10.1. The Balaban J connectivity index is 2.22. The second-order valence-corrected chi connectivity index (χ2v) is 4.32. The highest BCUT2D eigenvalue weighted by atomic mass is 16.3. The predicted molar refractivity (Wildman–Crippen MR) is 72.6 cm³/mol. The molecule has 3 heteroatoms. The molecule has 3 nitrogen and oxygen atoms in total. The average Bonchev–Trinajstić information content (AvgIpc) is 2.44. The smallest absolute Gasteiger partial charge is 0.251 e. The van der Waals surface area contributed by atoms with Gasteiger partial charge in [0.25, 0.3) is 5.91 Å². The van der Waals surface area contributed by atoms with E-state index in [9.17, 15) is 4.79 Å². The third-order valence-electron chi connectivity index (χ3n) is 3.06. The Morgan fingerprint density at radius 1 is 1.22 bits per heavy atom. The van der Waals surface area contributed by atoms with Crippen molar-refractivity contribution in [3.8, 4) is 0 Å². The van der Waals surface area contributed by atoms with Gasteiger partial charge >= 0.3 is 0 Å². The van der Waals surface area contributed by atoms with Gasteiger partial charge < -0.3 is 10.4 Å². The molecule has 1 amide bonds. The van der Waals surface area contributed by atoms with E-state index in [-0.39, 0.29) is 18.6 Å². The number of aliphatic hydroxyl groups is 1. The molecule has 0 heterocycles. The molecule has 2 aromatic carbocycles. The summed E-state index contributed by atoms with van der Waals surface area (Å²) >= 11 is 0. The van der Waals surface area contributed by atoms with Crippen molar-refractivity contribution in [1.29, 1.82) is 0 Å². The highest BCUT2D eigenvalue weighted by molar-refractivity contribution is 5.98. The fraction of sp³-hybridized carbons (Fsp3) is 0.267. The van der Waals surface area contributed by atoms with Crippen LogP contribution >= 0.6 is 0 Å². The summed E-state index contributed by atoms with van der Waals surface area (Å²) in [6, 6.07) is 13.4. The van der Waals surface area contributed by atoms with Gasteiger partial charge in [-0.1, -0.05) is 37.3 Å². The minimum absolute atomic E-state index is 0.0319. The zero-order valence-electron chi connectivity index (χ0n) is 10.4. The van der Waals surface area contributed by atoms with Crippen LogP contribution in [0, 0.1) is 0 Å². The van der Waals surface area contributed by atoms with Gasteiger partial charge in [0.15, 0.2) is 0 Å². The van der Waals surface area contributed by atoms with Crippen molar-refractivity contribution in [3.05, 3.63) is 48.0 Å². The molecule has 2 rings (SSSR count). The van der Waals surface area contributed by atoms with Gasteiger partial charge in [0.1, 0.15) is 0 Å². The molecule has 2 N–H and O–H groups in total. The number of aliphatic hydroxyl groups excluding tert-OH is 1. The first-order valence-electron chi connectivity index (χ1n) is 6.15. The number of carbonyl (C=O) groups is 1. The van der Waals surface area contributed by atoms with Gasteiger partial charge in [0.2, 0.25) is 0 Å². The largest absolute Gasteiger partial charge is 0.394 e. The molecule has 0 bridgehead atoms. The lowest BCUT2D eigenvalue weighted by Crippen LogP contribution is -2.36. The van der Waals surface area contributed by atoms with E-state index in [4.69, 9.17) is 5.11 Å². The van der Waals surface area contributed by atoms with E-state index >= 15 is 0 Å². The summed E-state index contributed by atoms with van der Waals surface area (Å²) < 4.78 is 0. The first-order chi connectivity index (χ1) is 8.74. The van der Waals surface area contributed by atoms with Crippen LogP contribution in [0.1, 0.15) is 23.7 Å². The van der Waals surface area contributed by atoms with E-state index in [1.165, 1.54) is 0 Å². The van der Waals surface area contributed by atoms with Crippen LogP contribution in [0.3, 0.4) is 0 Å². The van der Waals surface area contributed by atoms with Gasteiger partial charge in [-0.3, -0.25) is 4.79 Å². The maximum absolute atomic E-state index is 12.0. The van der Waals surface area contributed by atoms with Crippen molar-refractivity contribution >= 4 is 16.7 Å². The van der Waals surface area contributed by atoms with E-state index in [1.807, 2.05) is 49.4 Å². The third-order valence-corrected chi connectivity index (χ3v) is 3.06. The van der Waals surface area contributed by atoms with Gasteiger partial charge in [0, 0.05) is 5.56 Å². The van der Waals surface area contributed by atoms with Crippen LogP contribution in [-0.2, 0) is 0 Å². The molecule has 0 spiro atoms. The molecule has 2 aromatic rings. The quantitative estimate of drug-likeness (QED) is 0.866. The van der Waals surface area contributed by atoms with E-state index in [0.717, 1.165) is 17.2 Å². The van der Waals surface area contributed by atoms with Crippen LogP contribution in [0.2, 0.25) is 0 Å². The van der Waals surface area contributed by atoms with Crippen molar-refractivity contribution in [1.82, 2.24) is 5.32 Å². The number of amides is 1. The molecule has 0 aliphatic heterocycles. The summed E-state index contributed by atoms with van der Waals surface area (Å²) in [5, 5.41) is 14.0. The van der Waals surface area contributed by atoms with Crippen molar-refractivity contribution in [3.63, 3.8) is 0 Å². The Morgan fingerprint density at radius 2 is 1.94 bits per heavy atom. The monoisotopic (exact) mass is 243 g/mol. The van der Waals surface area contributed by atoms with Gasteiger partial charge in [-0.15, -0.1) is 0 Å². The zero-order chi connectivity index (χ0) is 13.0. The minimum Gasteiger partial charge on any atom is -0.394 e. The predicted octanol–water partition coefficient (Wildman–Crippen LogP) is 2.34. The van der Waals surface area contributed by atoms with E-state index < -0.39 is 0 Å². The number of hydrogen-bond donors (Lipinski definition) is 2. The number of hydrogen-bond acceptors (Lipinski definition) is 2. The summed E-state index contributed by atoms with van der Waals surface area (Å²) in [5.74, 6) is -0.137. The van der Waals surface area contributed by atoms with Crippen LogP contribution in [0.25, 0.3) is 10.8 Å². The Labute approximate surface area is 106 Å². The van der Waals surface area contributed by atoms with Crippen molar-refractivity contribution < 1.29 is 9.90 Å². The molecular formula is C15H17NO2. The Morgan fingerprint density at radius 3 is 2.61 bits per heavy atom. The lowest BCUT2D eigenvalue weighted by Gasteiger charge is -2.14. The van der Waals surface area contributed by atoms with Crippen LogP contribution in [0.5, 0.6) is 0 Å². The molecule has 0 aromatic heterocycles. The standard InChI is InChI=1S/C15H17NO2/c1-2-14(10-17)16-15(18)13-8-7-11-5-3-4-6-12(11)9-13/h3-9,14,17H,2,10H2,1H3,(H,16,18)/t14-/m0/s1. The SMILES string of the molecule is CC[C@@H](CO)NC(=O)c1ccc2ccccc2c1. The van der Waals surface area contributed by atoms with E-state index in [1.54, 1.807) is 0 Å². The Hall–Kier alpha value is -1.87. The third kappa shape index (κ3) is 2.68. The van der Waals surface area contributed by atoms with Gasteiger partial charge in [-0.2, -0.15) is 0 Å². The van der Waals surface area contributed by atoms with E-state index in [0.29, 0.717) is 5.56 Å². The number of benzene rings is 2. The summed E-state index contributed by atoms with van der Waals surface area (Å²) in [5.41, 5.74) is 0.626. The summed E-state index contributed by atoms with van der Waals surface area (Å²) in [6.45, 7) is 1.90. The Bertz CT molecular complexity index is 547. The molecule has 0 radical (unpaired) electrons. The molecule has 0 saturated heterocycles. The van der Waals surface area contributed by atoms with Crippen LogP contribution in [0.4, 0.5) is 0 Å². The number of fused-ring (bicyclic) bond motifs is 1. The number of carbonyl (C=O) groups excluding carboxylic acids is 1. The van der Waals surface area contributed by atoms with E-state index in [2.05, 4.69) is 5.32 Å². The van der Waals surface area contributed by atoms with Gasteiger partial charge in [-0.25, -0.2) is 0 Å². The molecule has 18 heavy (non-hydrogen) atoms. The molecule has 0 aliphatic carbocycles. The fourth-order valence-electron chi connectivity index (χ4n) is 1.88. The number of nitrogens with one attached hydrogen (secondary N) is 1. The molecule has 0 unspecified atom stereocenters. The highest BCUT2D eigenvalue weighted by Crippen LogP contribution is 2.15. The fourth-order valence-corrected chi connectivity index (χ4v) is 1.88. The second kappa shape index (κ2) is 5.65. The lowest BCUT2D eigenvalue weighted by molar-refractivity contribution is 0.0915. The summed E-state index contributed by atoms with van der Waals surface area (Å²) in [6.07, 6.45) is 0.718. The molecular weight excluding hydrogens is 226 g/mol. The topological polar surface area (TPSA) is 49.3 Å². The van der Waals surface area contributed by atoms with Crippen LogP contribution in [-0.4, -0.2) is 23.7 Å². The molecule has 0 fully saturated rings. The van der Waals surface area contributed by atoms with Crippen LogP contribution in [0.15, 0.2) is 42.5 Å². The van der Waals surface area contributed by atoms with Crippen molar-refractivity contribution in [2.45, 2.75) is 19.4 Å². The molecule has 94 valence electrons. The summed E-state index contributed by atoms with van der Waals surface area (Å²) in [4.78, 5) is 12.0. The molecule has 0 saturated carbocycles. The van der Waals surface area contributed by atoms with Gasteiger partial charge in [0.05, 0.1) is 12.6 Å². The number of rotatable bonds is 4. The van der Waals surface area contributed by atoms with Crippen LogP contribution < -0.4 is 5.32 Å². The Kier molecular flexibility index (Phi) is 3.95. The molecule has 0 aliphatic rings. The second-order valence-electron chi connectivity index (χ2n) is 4.32. The first kappa shape index (κ1) is 12.6. The first-order valence-corrected chi connectivity index (χ1v) is 6.15. The zero-order valence-corrected chi connectivity index (χ0v) is 10.4. The summed E-state index contributed by atoms with van der Waals surface area (Å²) in [7, 11) is 0. The van der Waals surface area contributed by atoms with Crippen molar-refractivity contribution in [2.24, 2.45) is 0 Å². The average molecular weight is 243 g/mol. The molecule has 1 atom stereocenters. The normalized spacial score (nSPS) is 12.3. The van der Waals surface area contributed by atoms with Gasteiger partial charge in [-0.05, 0) is 29.3 Å². The minimum atomic E-state index is -0.177.